The van der Waals surface area contributed by atoms with Crippen molar-refractivity contribution in [1.82, 2.24) is 9.78 Å². The lowest BCUT2D eigenvalue weighted by Crippen LogP contribution is -1.99. The highest BCUT2D eigenvalue weighted by Gasteiger charge is 2.18. The fourth-order valence-electron chi connectivity index (χ4n) is 2.22. The Balaban J connectivity index is 2.03. The molecule has 0 fully saturated rings. The van der Waals surface area contributed by atoms with Gasteiger partial charge in [-0.3, -0.25) is 4.68 Å². The molecule has 0 spiro atoms. The van der Waals surface area contributed by atoms with E-state index in [1.807, 2.05) is 6.07 Å². The molecule has 2 aromatic carbocycles. The summed E-state index contributed by atoms with van der Waals surface area (Å²) in [4.78, 5) is 10.6. The van der Waals surface area contributed by atoms with Crippen molar-refractivity contribution in [2.24, 2.45) is 0 Å². The van der Waals surface area contributed by atoms with Crippen LogP contribution in [0.25, 0.3) is 10.9 Å². The van der Waals surface area contributed by atoms with Gasteiger partial charge in [0.2, 0.25) is 0 Å². The number of nitrogens with zero attached hydrogens (tertiary/aromatic N) is 3. The number of ether oxygens (including phenoxy) is 1. The van der Waals surface area contributed by atoms with E-state index < -0.39 is 5.82 Å². The molecule has 120 valence electrons. The Bertz CT molecular complexity index is 995. The van der Waals surface area contributed by atoms with Crippen LogP contribution < -0.4 is 4.74 Å². The summed E-state index contributed by atoms with van der Waals surface area (Å²) in [6.07, 6.45) is 2.33. The monoisotopic (exact) mass is 363 g/mol. The number of fused-ring (bicyclic) bond motifs is 1. The zero-order valence-corrected chi connectivity index (χ0v) is 13.5. The van der Waals surface area contributed by atoms with E-state index in [1.54, 1.807) is 24.4 Å². The fourth-order valence-corrected chi connectivity index (χ4v) is 2.59. The maximum atomic E-state index is 13.6. The number of hydrogen-bond acceptors (Lipinski definition) is 4. The van der Waals surface area contributed by atoms with Crippen molar-refractivity contribution in [2.75, 3.05) is 0 Å². The van der Waals surface area contributed by atoms with Crippen LogP contribution in [0.2, 0.25) is 10.0 Å². The highest BCUT2D eigenvalue weighted by atomic mass is 35.5. The van der Waals surface area contributed by atoms with Crippen molar-refractivity contribution in [3.63, 3.8) is 0 Å². The lowest BCUT2D eigenvalue weighted by atomic mass is 10.2. The molecular weight excluding hydrogens is 356 g/mol. The first-order valence-corrected chi connectivity index (χ1v) is 7.45. The molecule has 0 unspecified atom stereocenters. The zero-order valence-electron chi connectivity index (χ0n) is 12.0. The van der Waals surface area contributed by atoms with E-state index in [0.717, 1.165) is 23.3 Å². The first-order chi connectivity index (χ1) is 11.5. The van der Waals surface area contributed by atoms with Gasteiger partial charge in [0, 0.05) is 5.39 Å². The first kappa shape index (κ1) is 16.2. The number of aromatic nitrogens is 2. The Morgan fingerprint density at radius 1 is 1.33 bits per heavy atom. The van der Waals surface area contributed by atoms with Crippen LogP contribution in [0.3, 0.4) is 0 Å². The summed E-state index contributed by atoms with van der Waals surface area (Å²) in [6, 6.07) is 7.79. The van der Waals surface area contributed by atoms with Gasteiger partial charge in [-0.1, -0.05) is 23.2 Å². The molecule has 3 aromatic rings. The Labute approximate surface area is 145 Å². The summed E-state index contributed by atoms with van der Waals surface area (Å²) in [5.74, 6) is -0.449. The van der Waals surface area contributed by atoms with E-state index in [9.17, 15) is 9.18 Å². The van der Waals surface area contributed by atoms with Crippen LogP contribution in [0.5, 0.6) is 11.5 Å². The SMILES string of the molecule is N#Cc1cc(F)c(Cl)c(Cl)c1Oc1ccc2c(cnn2CC=O)c1. The molecule has 8 heteroatoms. The number of benzene rings is 2. The molecule has 0 radical (unpaired) electrons. The van der Waals surface area contributed by atoms with E-state index in [2.05, 4.69) is 5.10 Å². The second-order valence-corrected chi connectivity index (χ2v) is 5.55. The molecule has 0 aliphatic carbocycles. The average molecular weight is 364 g/mol. The van der Waals surface area contributed by atoms with Gasteiger partial charge in [0.05, 0.1) is 28.8 Å². The van der Waals surface area contributed by atoms with Gasteiger partial charge in [-0.2, -0.15) is 10.4 Å². The standard InChI is InChI=1S/C16H8Cl2FN3O2/c17-14-12(19)6-9(7-20)16(15(14)18)24-11-1-2-13-10(5-11)8-21-22(13)3-4-23/h1-2,4-6,8H,3H2. The molecule has 3 rings (SSSR count). The van der Waals surface area contributed by atoms with Gasteiger partial charge in [0.15, 0.2) is 5.75 Å². The van der Waals surface area contributed by atoms with Crippen LogP contribution in [0.15, 0.2) is 30.5 Å². The maximum absolute atomic E-state index is 13.6. The predicted molar refractivity (Wildman–Crippen MR) is 87.0 cm³/mol. The summed E-state index contributed by atoms with van der Waals surface area (Å²) in [7, 11) is 0. The minimum atomic E-state index is -0.795. The summed E-state index contributed by atoms with van der Waals surface area (Å²) in [6.45, 7) is 0.141. The molecule has 5 nitrogen and oxygen atoms in total. The molecule has 1 aromatic heterocycles. The number of carbonyl (C=O) groups is 1. The van der Waals surface area contributed by atoms with Crippen LogP contribution >= 0.6 is 23.2 Å². The normalized spacial score (nSPS) is 10.6. The third kappa shape index (κ3) is 2.80. The van der Waals surface area contributed by atoms with Gasteiger partial charge in [-0.15, -0.1) is 0 Å². The maximum Gasteiger partial charge on any atom is 0.165 e. The van der Waals surface area contributed by atoms with Crippen molar-refractivity contribution in [3.05, 3.63) is 51.9 Å². The average Bonchev–Trinajstić information content (AvgIpc) is 2.98. The smallest absolute Gasteiger partial charge is 0.165 e. The highest BCUT2D eigenvalue weighted by molar-refractivity contribution is 6.43. The van der Waals surface area contributed by atoms with Crippen molar-refractivity contribution in [2.45, 2.75) is 6.54 Å². The molecule has 0 bridgehead atoms. The summed E-state index contributed by atoms with van der Waals surface area (Å²) in [5, 5.41) is 13.5. The number of hydrogen-bond donors (Lipinski definition) is 0. The van der Waals surface area contributed by atoms with Gasteiger partial charge in [0.25, 0.3) is 0 Å². The molecule has 0 aliphatic rings. The van der Waals surface area contributed by atoms with Crippen LogP contribution in [-0.4, -0.2) is 16.1 Å². The molecule has 0 amide bonds. The number of halogens is 3. The second-order valence-electron chi connectivity index (χ2n) is 4.79. The van der Waals surface area contributed by atoms with Crippen molar-refractivity contribution < 1.29 is 13.9 Å². The van der Waals surface area contributed by atoms with E-state index >= 15 is 0 Å². The molecule has 24 heavy (non-hydrogen) atoms. The van der Waals surface area contributed by atoms with Gasteiger partial charge >= 0.3 is 0 Å². The van der Waals surface area contributed by atoms with Crippen LogP contribution in [0, 0.1) is 17.1 Å². The number of aldehydes is 1. The summed E-state index contributed by atoms with van der Waals surface area (Å²) >= 11 is 11.8. The number of rotatable bonds is 4. The second kappa shape index (κ2) is 6.48. The van der Waals surface area contributed by atoms with Crippen LogP contribution in [0.4, 0.5) is 4.39 Å². The molecule has 0 saturated heterocycles. The number of nitriles is 1. The zero-order chi connectivity index (χ0) is 17.3. The van der Waals surface area contributed by atoms with Crippen molar-refractivity contribution in [3.8, 4) is 17.6 Å². The third-order valence-electron chi connectivity index (χ3n) is 3.32. The topological polar surface area (TPSA) is 67.9 Å². The Morgan fingerprint density at radius 3 is 2.83 bits per heavy atom. The molecule has 0 saturated carbocycles. The lowest BCUT2D eigenvalue weighted by molar-refractivity contribution is -0.108. The van der Waals surface area contributed by atoms with Gasteiger partial charge in [0.1, 0.15) is 28.9 Å². The summed E-state index contributed by atoms with van der Waals surface area (Å²) in [5.41, 5.74) is 0.678. The van der Waals surface area contributed by atoms with Crippen molar-refractivity contribution >= 4 is 40.4 Å². The Morgan fingerprint density at radius 2 is 2.12 bits per heavy atom. The van der Waals surface area contributed by atoms with Gasteiger partial charge < -0.3 is 9.53 Å². The quantitative estimate of drug-likeness (QED) is 0.510. The molecule has 0 aliphatic heterocycles. The lowest BCUT2D eigenvalue weighted by Gasteiger charge is -2.11. The minimum Gasteiger partial charge on any atom is -0.454 e. The molecule has 0 N–H and O–H groups in total. The number of carbonyl (C=O) groups excluding carboxylic acids is 1. The predicted octanol–water partition coefficient (Wildman–Crippen LogP) is 4.35. The molecule has 0 atom stereocenters. The minimum absolute atomic E-state index is 0.0230. The van der Waals surface area contributed by atoms with Gasteiger partial charge in [-0.05, 0) is 24.3 Å². The summed E-state index contributed by atoms with van der Waals surface area (Å²) < 4.78 is 20.7. The fraction of sp³-hybridized carbons (Fsp3) is 0.0625. The van der Waals surface area contributed by atoms with E-state index in [4.69, 9.17) is 33.2 Å². The molecule has 1 heterocycles. The van der Waals surface area contributed by atoms with E-state index in [0.29, 0.717) is 5.75 Å². The van der Waals surface area contributed by atoms with E-state index in [1.165, 1.54) is 4.68 Å². The Hall–Kier alpha value is -2.62. The van der Waals surface area contributed by atoms with Crippen LogP contribution in [-0.2, 0) is 11.3 Å². The third-order valence-corrected chi connectivity index (χ3v) is 4.15. The van der Waals surface area contributed by atoms with Crippen molar-refractivity contribution in [1.29, 1.82) is 5.26 Å². The highest BCUT2D eigenvalue weighted by Crippen LogP contribution is 2.39. The van der Waals surface area contributed by atoms with Crippen LogP contribution in [0.1, 0.15) is 5.56 Å². The Kier molecular flexibility index (Phi) is 4.38. The largest absolute Gasteiger partial charge is 0.454 e. The first-order valence-electron chi connectivity index (χ1n) is 6.69. The van der Waals surface area contributed by atoms with E-state index in [-0.39, 0.29) is 27.9 Å². The van der Waals surface area contributed by atoms with Gasteiger partial charge in [-0.25, -0.2) is 4.39 Å². The molecular formula is C16H8Cl2FN3O2.